The number of nitrogens with zero attached hydrogens (tertiary/aromatic N) is 1. The van der Waals surface area contributed by atoms with Gasteiger partial charge in [0, 0.05) is 12.6 Å². The van der Waals surface area contributed by atoms with Crippen LogP contribution in [0.1, 0.15) is 63.0 Å². The fraction of sp³-hybridized carbons (Fsp3) is 0.552. The number of aliphatic hydroxyl groups excluding tert-OH is 1. The first-order chi connectivity index (χ1) is 16.6. The molecular formula is C29H43N3O2. The van der Waals surface area contributed by atoms with Gasteiger partial charge in [-0.2, -0.15) is 0 Å². The number of nitrogens with two attached hydrogens (primary N) is 1. The number of hydrogen-bond acceptors (Lipinski definition) is 4. The van der Waals surface area contributed by atoms with E-state index in [9.17, 15) is 4.79 Å². The van der Waals surface area contributed by atoms with E-state index in [4.69, 9.17) is 10.8 Å². The summed E-state index contributed by atoms with van der Waals surface area (Å²) in [5, 5.41) is 12.4. The van der Waals surface area contributed by atoms with Crippen LogP contribution in [0.5, 0.6) is 0 Å². The molecule has 5 heteroatoms. The summed E-state index contributed by atoms with van der Waals surface area (Å²) in [6.45, 7) is 6.21. The van der Waals surface area contributed by atoms with E-state index in [-0.39, 0.29) is 24.5 Å². The lowest BCUT2D eigenvalue weighted by atomic mass is 9.64. The third kappa shape index (κ3) is 6.68. The summed E-state index contributed by atoms with van der Waals surface area (Å²) >= 11 is 0. The molecule has 0 saturated carbocycles. The van der Waals surface area contributed by atoms with E-state index in [1.807, 2.05) is 43.3 Å². The monoisotopic (exact) mass is 465 g/mol. The maximum atomic E-state index is 13.2. The molecule has 1 fully saturated rings. The number of amides is 1. The predicted octanol–water partition coefficient (Wildman–Crippen LogP) is 4.09. The van der Waals surface area contributed by atoms with E-state index in [2.05, 4.69) is 34.5 Å². The van der Waals surface area contributed by atoms with E-state index in [1.165, 1.54) is 38.5 Å². The highest BCUT2D eigenvalue weighted by Gasteiger charge is 2.49. The Labute approximate surface area is 205 Å². The highest BCUT2D eigenvalue weighted by Crippen LogP contribution is 2.43. The van der Waals surface area contributed by atoms with Crippen molar-refractivity contribution >= 4 is 5.91 Å². The molecule has 1 aliphatic rings. The van der Waals surface area contributed by atoms with Crippen LogP contribution in [0.2, 0.25) is 0 Å². The topological polar surface area (TPSA) is 78.6 Å². The largest absolute Gasteiger partial charge is 0.395 e. The minimum absolute atomic E-state index is 0.170. The van der Waals surface area contributed by atoms with Crippen molar-refractivity contribution in [2.45, 2.75) is 63.3 Å². The number of unbranched alkanes of at least 4 members (excludes halogenated alkanes) is 5. The SMILES string of the molecule is CC(CO)NCCCCCCCCN1CCC(C(C(N)=O)(c2ccccc2)c2ccccc2)C1. The number of likely N-dealkylation sites (tertiary alicyclic amines) is 1. The Morgan fingerprint density at radius 1 is 1.00 bits per heavy atom. The van der Waals surface area contributed by atoms with Gasteiger partial charge in [-0.05, 0) is 62.9 Å². The molecule has 0 radical (unpaired) electrons. The van der Waals surface area contributed by atoms with E-state index in [1.54, 1.807) is 0 Å². The van der Waals surface area contributed by atoms with Gasteiger partial charge in [0.1, 0.15) is 5.41 Å². The molecule has 0 bridgehead atoms. The second kappa shape index (κ2) is 13.6. The average Bonchev–Trinajstić information content (AvgIpc) is 3.33. The highest BCUT2D eigenvalue weighted by molar-refractivity contribution is 5.91. The van der Waals surface area contributed by atoms with Gasteiger partial charge in [-0.25, -0.2) is 0 Å². The van der Waals surface area contributed by atoms with Gasteiger partial charge in [-0.1, -0.05) is 86.3 Å². The summed E-state index contributed by atoms with van der Waals surface area (Å²) in [4.78, 5) is 15.7. The Hall–Kier alpha value is -2.21. The van der Waals surface area contributed by atoms with Crippen LogP contribution in [-0.2, 0) is 10.2 Å². The van der Waals surface area contributed by atoms with E-state index in [0.29, 0.717) is 0 Å². The first kappa shape index (κ1) is 26.4. The molecule has 1 saturated heterocycles. The van der Waals surface area contributed by atoms with Crippen LogP contribution in [0, 0.1) is 5.92 Å². The lowest BCUT2D eigenvalue weighted by Gasteiger charge is -2.37. The lowest BCUT2D eigenvalue weighted by Crippen LogP contribution is -2.49. The van der Waals surface area contributed by atoms with E-state index < -0.39 is 5.41 Å². The third-order valence-corrected chi connectivity index (χ3v) is 7.40. The molecule has 3 rings (SSSR count). The van der Waals surface area contributed by atoms with Gasteiger partial charge >= 0.3 is 0 Å². The fourth-order valence-corrected chi connectivity index (χ4v) is 5.50. The lowest BCUT2D eigenvalue weighted by molar-refractivity contribution is -0.123. The molecule has 0 aromatic heterocycles. The number of carbonyl (C=O) groups is 1. The molecule has 186 valence electrons. The summed E-state index contributed by atoms with van der Waals surface area (Å²) in [7, 11) is 0. The normalized spacial score (nSPS) is 17.6. The Bertz CT molecular complexity index is 803. The summed E-state index contributed by atoms with van der Waals surface area (Å²) in [6, 6.07) is 20.4. The summed E-state index contributed by atoms with van der Waals surface area (Å²) in [5.74, 6) is -0.0803. The molecule has 1 aliphatic heterocycles. The molecule has 0 aliphatic carbocycles. The second-order valence-electron chi connectivity index (χ2n) is 9.85. The van der Waals surface area contributed by atoms with Crippen molar-refractivity contribution in [3.8, 4) is 0 Å². The van der Waals surface area contributed by atoms with Crippen molar-refractivity contribution in [1.82, 2.24) is 10.2 Å². The van der Waals surface area contributed by atoms with E-state index in [0.717, 1.165) is 43.7 Å². The Morgan fingerprint density at radius 3 is 2.12 bits per heavy atom. The van der Waals surface area contributed by atoms with Crippen LogP contribution in [0.15, 0.2) is 60.7 Å². The molecule has 4 N–H and O–H groups in total. The standard InChI is InChI=1S/C29H43N3O2/c1-24(23-33)31-19-12-4-2-3-5-13-20-32-21-18-27(22-32)29(28(30)34,25-14-8-6-9-15-25)26-16-10-7-11-17-26/h6-11,14-17,24,27,31,33H,2-5,12-13,18-23H2,1H3,(H2,30,34). The van der Waals surface area contributed by atoms with Crippen LogP contribution in [0.25, 0.3) is 0 Å². The van der Waals surface area contributed by atoms with Crippen molar-refractivity contribution in [1.29, 1.82) is 0 Å². The van der Waals surface area contributed by atoms with Crippen LogP contribution >= 0.6 is 0 Å². The van der Waals surface area contributed by atoms with E-state index >= 15 is 0 Å². The zero-order valence-corrected chi connectivity index (χ0v) is 20.8. The number of aliphatic hydroxyl groups is 1. The van der Waals surface area contributed by atoms with Crippen LogP contribution in [0.4, 0.5) is 0 Å². The third-order valence-electron chi connectivity index (χ3n) is 7.40. The molecule has 1 amide bonds. The maximum absolute atomic E-state index is 13.2. The summed E-state index contributed by atoms with van der Waals surface area (Å²) in [5.41, 5.74) is 7.41. The first-order valence-electron chi connectivity index (χ1n) is 13.1. The number of rotatable bonds is 15. The average molecular weight is 466 g/mol. The van der Waals surface area contributed by atoms with Crippen molar-refractivity contribution in [3.05, 3.63) is 71.8 Å². The zero-order valence-electron chi connectivity index (χ0n) is 20.8. The van der Waals surface area contributed by atoms with Gasteiger partial charge in [-0.15, -0.1) is 0 Å². The summed E-state index contributed by atoms with van der Waals surface area (Å²) < 4.78 is 0. The molecule has 2 unspecified atom stereocenters. The molecule has 2 aromatic carbocycles. The van der Waals surface area contributed by atoms with Crippen LogP contribution in [0.3, 0.4) is 0 Å². The van der Waals surface area contributed by atoms with Crippen molar-refractivity contribution in [3.63, 3.8) is 0 Å². The van der Waals surface area contributed by atoms with Crippen molar-refractivity contribution in [2.75, 3.05) is 32.8 Å². The van der Waals surface area contributed by atoms with Gasteiger partial charge in [-0.3, -0.25) is 4.79 Å². The molecule has 0 spiro atoms. The Kier molecular flexibility index (Phi) is 10.6. The number of nitrogens with one attached hydrogen (secondary N) is 1. The van der Waals surface area contributed by atoms with Crippen molar-refractivity contribution in [2.24, 2.45) is 11.7 Å². The van der Waals surface area contributed by atoms with Gasteiger partial charge in [0.05, 0.1) is 6.61 Å². The smallest absolute Gasteiger partial charge is 0.232 e. The molecular weight excluding hydrogens is 422 g/mol. The minimum atomic E-state index is -0.793. The zero-order chi connectivity index (χ0) is 24.2. The van der Waals surface area contributed by atoms with Gasteiger partial charge in [0.25, 0.3) is 0 Å². The van der Waals surface area contributed by atoms with Gasteiger partial charge in [0.2, 0.25) is 5.91 Å². The Morgan fingerprint density at radius 2 is 1.56 bits per heavy atom. The molecule has 2 aromatic rings. The first-order valence-corrected chi connectivity index (χ1v) is 13.1. The number of primary amides is 1. The highest BCUT2D eigenvalue weighted by atomic mass is 16.3. The number of hydrogen-bond donors (Lipinski definition) is 3. The van der Waals surface area contributed by atoms with Gasteiger partial charge in [0.15, 0.2) is 0 Å². The van der Waals surface area contributed by atoms with Gasteiger partial charge < -0.3 is 21.1 Å². The van der Waals surface area contributed by atoms with Crippen molar-refractivity contribution < 1.29 is 9.90 Å². The molecule has 2 atom stereocenters. The molecule has 5 nitrogen and oxygen atoms in total. The fourth-order valence-electron chi connectivity index (χ4n) is 5.50. The predicted molar refractivity (Wildman–Crippen MR) is 140 cm³/mol. The minimum Gasteiger partial charge on any atom is -0.395 e. The number of carbonyl (C=O) groups excluding carboxylic acids is 1. The quantitative estimate of drug-likeness (QED) is 0.346. The maximum Gasteiger partial charge on any atom is 0.232 e. The number of benzene rings is 2. The Balaban J connectivity index is 1.51. The molecule has 1 heterocycles. The van der Waals surface area contributed by atoms with Crippen LogP contribution < -0.4 is 11.1 Å². The summed E-state index contributed by atoms with van der Waals surface area (Å²) in [6.07, 6.45) is 8.38. The van der Waals surface area contributed by atoms with Crippen LogP contribution in [-0.4, -0.2) is 54.7 Å². The molecule has 34 heavy (non-hydrogen) atoms. The second-order valence-corrected chi connectivity index (χ2v) is 9.85.